The third kappa shape index (κ3) is 4.01. The first-order chi connectivity index (χ1) is 14.1. The molecule has 1 unspecified atom stereocenters. The number of nitrogens with zero attached hydrogens (tertiary/aromatic N) is 7. The average Bonchev–Trinajstić information content (AvgIpc) is 3.34. The largest absolute Gasteiger partial charge is 0.477 e. The summed E-state index contributed by atoms with van der Waals surface area (Å²) in [6.45, 7) is 6.27. The van der Waals surface area contributed by atoms with Crippen LogP contribution in [0.2, 0.25) is 0 Å². The Morgan fingerprint density at radius 2 is 2.17 bits per heavy atom. The summed E-state index contributed by atoms with van der Waals surface area (Å²) >= 11 is 0. The molecule has 1 N–H and O–H groups in total. The number of hydrogen-bond donors (Lipinski definition) is 1. The van der Waals surface area contributed by atoms with Crippen LogP contribution in [0.1, 0.15) is 34.8 Å². The molecule has 0 radical (unpaired) electrons. The van der Waals surface area contributed by atoms with Gasteiger partial charge in [-0.1, -0.05) is 0 Å². The van der Waals surface area contributed by atoms with E-state index in [1.54, 1.807) is 29.2 Å². The summed E-state index contributed by atoms with van der Waals surface area (Å²) in [6.07, 6.45) is 5.23. The zero-order valence-corrected chi connectivity index (χ0v) is 18.0. The van der Waals surface area contributed by atoms with Crippen molar-refractivity contribution in [1.82, 2.24) is 39.7 Å². The lowest BCUT2D eigenvalue weighted by Gasteiger charge is -2.35. The Morgan fingerprint density at radius 1 is 1.33 bits per heavy atom. The zero-order valence-electron chi connectivity index (χ0n) is 17.1. The Kier molecular flexibility index (Phi) is 6.68. The molecule has 11 heteroatoms. The minimum absolute atomic E-state index is 0. The summed E-state index contributed by atoms with van der Waals surface area (Å²) in [5.41, 5.74) is 1.26. The third-order valence-corrected chi connectivity index (χ3v) is 5.04. The summed E-state index contributed by atoms with van der Waals surface area (Å²) < 4.78 is 8.90. The van der Waals surface area contributed by atoms with Crippen LogP contribution in [-0.4, -0.2) is 66.6 Å². The van der Waals surface area contributed by atoms with E-state index >= 15 is 0 Å². The molecule has 4 heterocycles. The van der Waals surface area contributed by atoms with Gasteiger partial charge in [-0.05, 0) is 19.9 Å². The van der Waals surface area contributed by atoms with E-state index in [0.29, 0.717) is 42.7 Å². The predicted octanol–water partition coefficient (Wildman–Crippen LogP) is 1.31. The SMILES string of the molecule is CCOc1ccc(-n2ncc(C(=O)N3CCNCC3c3nccn3C)c2C)nn1.Cl. The molecule has 0 saturated carbocycles. The maximum absolute atomic E-state index is 13.4. The number of carbonyl (C=O) groups is 1. The second-order valence-corrected chi connectivity index (χ2v) is 6.83. The second-order valence-electron chi connectivity index (χ2n) is 6.83. The molecule has 30 heavy (non-hydrogen) atoms. The molecular weight excluding hydrogens is 408 g/mol. The highest BCUT2D eigenvalue weighted by Crippen LogP contribution is 2.24. The highest BCUT2D eigenvalue weighted by molar-refractivity contribution is 5.95. The Hall–Kier alpha value is -2.98. The number of aryl methyl sites for hydroxylation is 1. The van der Waals surface area contributed by atoms with Crippen LogP contribution < -0.4 is 10.1 Å². The molecule has 1 atom stereocenters. The number of amides is 1. The van der Waals surface area contributed by atoms with Crippen LogP contribution in [0.3, 0.4) is 0 Å². The van der Waals surface area contributed by atoms with Crippen molar-refractivity contribution in [3.05, 3.63) is 47.8 Å². The van der Waals surface area contributed by atoms with Gasteiger partial charge in [0.05, 0.1) is 24.1 Å². The summed E-state index contributed by atoms with van der Waals surface area (Å²) in [6, 6.07) is 3.37. The molecule has 3 aromatic heterocycles. The van der Waals surface area contributed by atoms with E-state index in [2.05, 4.69) is 25.6 Å². The molecule has 1 fully saturated rings. The van der Waals surface area contributed by atoms with Crippen molar-refractivity contribution in [2.24, 2.45) is 7.05 Å². The van der Waals surface area contributed by atoms with E-state index in [9.17, 15) is 4.79 Å². The highest BCUT2D eigenvalue weighted by Gasteiger charge is 2.32. The normalized spacial score (nSPS) is 16.2. The van der Waals surface area contributed by atoms with Crippen molar-refractivity contribution < 1.29 is 9.53 Å². The maximum atomic E-state index is 13.4. The van der Waals surface area contributed by atoms with Crippen LogP contribution in [0.25, 0.3) is 5.82 Å². The molecule has 3 aromatic rings. The first kappa shape index (κ1) is 21.7. The number of hydrogen-bond acceptors (Lipinski definition) is 7. The fourth-order valence-corrected chi connectivity index (χ4v) is 3.53. The minimum atomic E-state index is -0.135. The van der Waals surface area contributed by atoms with Crippen LogP contribution in [0.5, 0.6) is 5.88 Å². The summed E-state index contributed by atoms with van der Waals surface area (Å²) in [5.74, 6) is 1.78. The maximum Gasteiger partial charge on any atom is 0.258 e. The number of carbonyl (C=O) groups excluding carboxylic acids is 1. The van der Waals surface area contributed by atoms with Crippen LogP contribution in [0, 0.1) is 6.92 Å². The Morgan fingerprint density at radius 3 is 2.83 bits per heavy atom. The number of aromatic nitrogens is 6. The number of ether oxygens (including phenoxy) is 1. The van der Waals surface area contributed by atoms with Crippen LogP contribution >= 0.6 is 12.4 Å². The molecule has 1 aliphatic heterocycles. The van der Waals surface area contributed by atoms with Gasteiger partial charge in [-0.2, -0.15) is 5.10 Å². The second kappa shape index (κ2) is 9.23. The van der Waals surface area contributed by atoms with E-state index in [1.165, 1.54) is 0 Å². The molecule has 1 amide bonds. The van der Waals surface area contributed by atoms with E-state index in [4.69, 9.17) is 4.74 Å². The number of rotatable bonds is 5. The monoisotopic (exact) mass is 432 g/mol. The highest BCUT2D eigenvalue weighted by atomic mass is 35.5. The van der Waals surface area contributed by atoms with Crippen molar-refractivity contribution in [1.29, 1.82) is 0 Å². The van der Waals surface area contributed by atoms with Crippen LogP contribution in [0.4, 0.5) is 0 Å². The lowest BCUT2D eigenvalue weighted by Crippen LogP contribution is -2.49. The lowest BCUT2D eigenvalue weighted by atomic mass is 10.1. The molecule has 4 rings (SSSR count). The smallest absolute Gasteiger partial charge is 0.258 e. The van der Waals surface area contributed by atoms with Gasteiger partial charge in [-0.3, -0.25) is 4.79 Å². The minimum Gasteiger partial charge on any atom is -0.477 e. The molecule has 1 saturated heterocycles. The fourth-order valence-electron chi connectivity index (χ4n) is 3.53. The van der Waals surface area contributed by atoms with Crippen molar-refractivity contribution in [2.45, 2.75) is 19.9 Å². The van der Waals surface area contributed by atoms with Gasteiger partial charge in [0.25, 0.3) is 5.91 Å². The van der Waals surface area contributed by atoms with Gasteiger partial charge < -0.3 is 19.5 Å². The summed E-state index contributed by atoms with van der Waals surface area (Å²) in [7, 11) is 1.94. The lowest BCUT2D eigenvalue weighted by molar-refractivity contribution is 0.0620. The van der Waals surface area contributed by atoms with Gasteiger partial charge in [0.1, 0.15) is 11.9 Å². The van der Waals surface area contributed by atoms with Gasteiger partial charge in [0.2, 0.25) is 5.88 Å². The van der Waals surface area contributed by atoms with E-state index in [1.807, 2.05) is 36.6 Å². The van der Waals surface area contributed by atoms with Crippen molar-refractivity contribution >= 4 is 18.3 Å². The summed E-state index contributed by atoms with van der Waals surface area (Å²) in [4.78, 5) is 19.7. The molecule has 0 spiro atoms. The molecule has 0 bridgehead atoms. The van der Waals surface area contributed by atoms with E-state index in [-0.39, 0.29) is 24.4 Å². The Balaban J connectivity index is 0.00000256. The number of imidazole rings is 1. The van der Waals surface area contributed by atoms with Gasteiger partial charge in [-0.25, -0.2) is 9.67 Å². The molecule has 0 aromatic carbocycles. The predicted molar refractivity (Wildman–Crippen MR) is 112 cm³/mol. The standard InChI is InChI=1S/C19H24N8O2.ClH/c1-4-29-17-6-5-16(23-24-17)27-13(2)14(11-22-27)19(28)26-10-7-20-12-15(26)18-21-8-9-25(18)3;/h5-6,8-9,11,15,20H,4,7,10,12H2,1-3H3;1H. The number of nitrogens with one attached hydrogen (secondary N) is 1. The average molecular weight is 433 g/mol. The van der Waals surface area contributed by atoms with E-state index in [0.717, 1.165) is 12.4 Å². The van der Waals surface area contributed by atoms with Gasteiger partial charge >= 0.3 is 0 Å². The zero-order chi connectivity index (χ0) is 20.4. The molecule has 160 valence electrons. The van der Waals surface area contributed by atoms with Crippen molar-refractivity contribution in [3.8, 4) is 11.7 Å². The topological polar surface area (TPSA) is 103 Å². The summed E-state index contributed by atoms with van der Waals surface area (Å²) in [5, 5.41) is 15.9. The Bertz CT molecular complexity index is 1000. The van der Waals surface area contributed by atoms with Crippen molar-refractivity contribution in [2.75, 3.05) is 26.2 Å². The van der Waals surface area contributed by atoms with Crippen molar-refractivity contribution in [3.63, 3.8) is 0 Å². The van der Waals surface area contributed by atoms with Gasteiger partial charge in [-0.15, -0.1) is 22.6 Å². The van der Waals surface area contributed by atoms with E-state index < -0.39 is 0 Å². The molecular formula is C19H25ClN8O2. The molecule has 0 aliphatic carbocycles. The van der Waals surface area contributed by atoms with Crippen LogP contribution in [-0.2, 0) is 7.05 Å². The van der Waals surface area contributed by atoms with Crippen LogP contribution in [0.15, 0.2) is 30.7 Å². The first-order valence-electron chi connectivity index (χ1n) is 9.60. The first-order valence-corrected chi connectivity index (χ1v) is 9.60. The molecule has 10 nitrogen and oxygen atoms in total. The number of piperazine rings is 1. The Labute approximate surface area is 180 Å². The van der Waals surface area contributed by atoms with Gasteiger partial charge in [0, 0.05) is 45.1 Å². The fraction of sp³-hybridized carbons (Fsp3) is 0.421. The molecule has 1 aliphatic rings. The van der Waals surface area contributed by atoms with Gasteiger partial charge in [0.15, 0.2) is 5.82 Å². The number of halogens is 1. The quantitative estimate of drug-likeness (QED) is 0.648. The third-order valence-electron chi connectivity index (χ3n) is 5.04.